The van der Waals surface area contributed by atoms with Crippen LogP contribution < -0.4 is 0 Å². The van der Waals surface area contributed by atoms with Crippen molar-refractivity contribution in [1.29, 1.82) is 0 Å². The zero-order valence-corrected chi connectivity index (χ0v) is 24.9. The molecule has 1 unspecified atom stereocenters. The van der Waals surface area contributed by atoms with Gasteiger partial charge >= 0.3 is 12.1 Å². The van der Waals surface area contributed by atoms with Crippen LogP contribution in [0.25, 0.3) is 0 Å². The number of hydrogen-bond acceptors (Lipinski definition) is 8. The van der Waals surface area contributed by atoms with Crippen molar-refractivity contribution in [3.8, 4) is 0 Å². The summed E-state index contributed by atoms with van der Waals surface area (Å²) in [6, 6.07) is 0. The molecule has 0 aliphatic heterocycles. The Bertz CT molecular complexity index is 1100. The number of unbranched alkanes of at least 4 members (excludes halogenated alkanes) is 2. The average molecular weight is 579 g/mol. The van der Waals surface area contributed by atoms with Gasteiger partial charge < -0.3 is 19.3 Å². The summed E-state index contributed by atoms with van der Waals surface area (Å²) < 4.78 is 16.6. The summed E-state index contributed by atoms with van der Waals surface area (Å²) in [5.74, 6) is -1.47. The van der Waals surface area contributed by atoms with Gasteiger partial charge in [-0.2, -0.15) is 0 Å². The molecule has 0 radical (unpaired) electrons. The molecule has 4 rings (SSSR count). The summed E-state index contributed by atoms with van der Waals surface area (Å²) in [5.41, 5.74) is -2.45. The van der Waals surface area contributed by atoms with Crippen molar-refractivity contribution >= 4 is 35.3 Å². The van der Waals surface area contributed by atoms with Gasteiger partial charge in [-0.3, -0.25) is 14.4 Å². The average Bonchev–Trinajstić information content (AvgIpc) is 3.19. The Hall–Kier alpha value is -2.19. The summed E-state index contributed by atoms with van der Waals surface area (Å²) in [4.78, 5) is 50.1. The molecular formula is C31H43ClO8. The highest BCUT2D eigenvalue weighted by molar-refractivity contribution is 6.26. The molecule has 0 aromatic carbocycles. The van der Waals surface area contributed by atoms with Crippen LogP contribution in [0.1, 0.15) is 91.9 Å². The molecule has 222 valence electrons. The number of hydrogen-bond donors (Lipinski definition) is 1. The van der Waals surface area contributed by atoms with E-state index in [1.807, 2.05) is 33.8 Å². The monoisotopic (exact) mass is 578 g/mol. The minimum atomic E-state index is -1.64. The Morgan fingerprint density at radius 2 is 1.82 bits per heavy atom. The van der Waals surface area contributed by atoms with Crippen molar-refractivity contribution in [2.75, 3.05) is 13.2 Å². The highest BCUT2D eigenvalue weighted by Crippen LogP contribution is 2.71. The number of Topliss-reactive ketones (excluding diaryl/α,β-unsaturated/α-hetero) is 1. The molecule has 4 aliphatic carbocycles. The number of aliphatic hydroxyl groups excluding tert-OH is 1. The van der Waals surface area contributed by atoms with Gasteiger partial charge in [-0.1, -0.05) is 52.2 Å². The highest BCUT2D eigenvalue weighted by Gasteiger charge is 2.74. The highest BCUT2D eigenvalue weighted by atomic mass is 35.5. The van der Waals surface area contributed by atoms with Crippen molar-refractivity contribution in [3.63, 3.8) is 0 Å². The minimum absolute atomic E-state index is 0.0877. The van der Waals surface area contributed by atoms with Gasteiger partial charge in [-0.25, -0.2) is 4.79 Å². The first kappa shape index (κ1) is 30.8. The molecule has 0 amide bonds. The van der Waals surface area contributed by atoms with Crippen LogP contribution in [0.2, 0.25) is 0 Å². The van der Waals surface area contributed by atoms with E-state index in [1.54, 1.807) is 6.08 Å². The third-order valence-corrected chi connectivity index (χ3v) is 11.2. The number of carbonyl (C=O) groups excluding carboxylic acids is 4. The van der Waals surface area contributed by atoms with Crippen molar-refractivity contribution in [2.24, 2.45) is 22.7 Å². The molecule has 0 aromatic rings. The second-order valence-electron chi connectivity index (χ2n) is 12.4. The van der Waals surface area contributed by atoms with Gasteiger partial charge in [0.15, 0.2) is 18.0 Å². The van der Waals surface area contributed by atoms with E-state index in [9.17, 15) is 24.3 Å². The number of halogens is 1. The molecule has 0 saturated heterocycles. The Kier molecular flexibility index (Phi) is 8.92. The lowest BCUT2D eigenvalue weighted by atomic mass is 9.45. The largest absolute Gasteiger partial charge is 0.509 e. The zero-order chi connectivity index (χ0) is 29.3. The van der Waals surface area contributed by atoms with Crippen LogP contribution in [0.4, 0.5) is 4.79 Å². The summed E-state index contributed by atoms with van der Waals surface area (Å²) in [5, 5.41) is 11.8. The molecule has 7 atom stereocenters. The molecule has 3 saturated carbocycles. The van der Waals surface area contributed by atoms with E-state index in [0.717, 1.165) is 18.4 Å². The maximum absolute atomic E-state index is 13.9. The predicted octanol–water partition coefficient (Wildman–Crippen LogP) is 5.62. The Balaban J connectivity index is 1.68. The van der Waals surface area contributed by atoms with Gasteiger partial charge in [0.05, 0.1) is 17.6 Å². The van der Waals surface area contributed by atoms with Gasteiger partial charge in [-0.15, -0.1) is 11.6 Å². The summed E-state index contributed by atoms with van der Waals surface area (Å²) in [6.45, 7) is 7.40. The first-order valence-electron chi connectivity index (χ1n) is 14.8. The number of ketones is 2. The number of alkyl halides is 1. The maximum atomic E-state index is 13.9. The smallest absolute Gasteiger partial charge is 0.457 e. The quantitative estimate of drug-likeness (QED) is 0.202. The normalized spacial score (nSPS) is 38.0. The molecule has 0 spiro atoms. The Labute approximate surface area is 241 Å². The third kappa shape index (κ3) is 4.83. The van der Waals surface area contributed by atoms with Crippen LogP contribution in [-0.2, 0) is 28.6 Å². The molecule has 9 heteroatoms. The number of fused-ring (bicyclic) bond motifs is 5. The van der Waals surface area contributed by atoms with E-state index < -0.39 is 51.9 Å². The fourth-order valence-electron chi connectivity index (χ4n) is 8.10. The number of aliphatic hydroxyl groups is 1. The molecule has 0 heterocycles. The first-order chi connectivity index (χ1) is 18.9. The second-order valence-corrected chi connectivity index (χ2v) is 13.0. The van der Waals surface area contributed by atoms with Crippen molar-refractivity contribution in [3.05, 3.63) is 23.8 Å². The molecule has 3 fully saturated rings. The number of carbonyl (C=O) groups is 4. The van der Waals surface area contributed by atoms with E-state index in [2.05, 4.69) is 0 Å². The lowest BCUT2D eigenvalue weighted by Gasteiger charge is -2.63. The van der Waals surface area contributed by atoms with Crippen LogP contribution >= 0.6 is 11.6 Å². The second kappa shape index (κ2) is 11.6. The van der Waals surface area contributed by atoms with Crippen LogP contribution in [-0.4, -0.2) is 58.6 Å². The van der Waals surface area contributed by atoms with Crippen LogP contribution in [0.3, 0.4) is 0 Å². The Morgan fingerprint density at radius 1 is 1.07 bits per heavy atom. The van der Waals surface area contributed by atoms with Gasteiger partial charge in [0, 0.05) is 17.3 Å². The summed E-state index contributed by atoms with van der Waals surface area (Å²) in [7, 11) is 0. The van der Waals surface area contributed by atoms with Crippen LogP contribution in [0.5, 0.6) is 0 Å². The molecule has 8 nitrogen and oxygen atoms in total. The number of allylic oxidation sites excluding steroid dienone is 4. The van der Waals surface area contributed by atoms with E-state index in [4.69, 9.17) is 25.8 Å². The fraction of sp³-hybridized carbons (Fsp3) is 0.742. The standard InChI is InChI=1S/C31H43ClO8/c1-5-7-8-16-38-27(37)40-30(25(35)19-39-26(36)9-6-2)15-13-22-23-11-10-20-17-21(33)12-14-28(20,3)31(23,32)24(34)18-29(22,30)4/h12,14,17,22-24,34H,5-11,13,15-16,18-19H2,1-4H3/t22-,23-,24?,28-,29-,30-,31-/m0/s1. The first-order valence-corrected chi connectivity index (χ1v) is 15.1. The molecule has 0 aromatic heterocycles. The number of rotatable bonds is 10. The summed E-state index contributed by atoms with van der Waals surface area (Å²) >= 11 is 7.49. The Morgan fingerprint density at radius 3 is 2.52 bits per heavy atom. The predicted molar refractivity (Wildman–Crippen MR) is 149 cm³/mol. The molecule has 40 heavy (non-hydrogen) atoms. The van der Waals surface area contributed by atoms with Crippen molar-refractivity contribution in [2.45, 2.75) is 108 Å². The van der Waals surface area contributed by atoms with Crippen molar-refractivity contribution in [1.82, 2.24) is 0 Å². The summed E-state index contributed by atoms with van der Waals surface area (Å²) in [6.07, 6.45) is 8.38. The molecule has 4 aliphatic rings. The fourth-order valence-corrected chi connectivity index (χ4v) is 8.62. The van der Waals surface area contributed by atoms with E-state index >= 15 is 0 Å². The van der Waals surface area contributed by atoms with Crippen LogP contribution in [0, 0.1) is 22.7 Å². The van der Waals surface area contributed by atoms with Gasteiger partial charge in [0.25, 0.3) is 0 Å². The van der Waals surface area contributed by atoms with E-state index in [1.165, 1.54) is 6.08 Å². The van der Waals surface area contributed by atoms with Crippen LogP contribution in [0.15, 0.2) is 23.8 Å². The van der Waals surface area contributed by atoms with E-state index in [-0.39, 0.29) is 43.5 Å². The number of esters is 1. The van der Waals surface area contributed by atoms with Gasteiger partial charge in [-0.05, 0) is 68.9 Å². The third-order valence-electron chi connectivity index (χ3n) is 10.3. The SMILES string of the molecule is CCCCCOC(=O)O[C@]1(C(=O)COC(=O)CCC)CC[C@H]2[C@@H]3CCC4=CC(=O)C=C[C@]4(C)[C@@]3(Cl)C(O)C[C@@]21C. The minimum Gasteiger partial charge on any atom is -0.457 e. The molecule has 1 N–H and O–H groups in total. The van der Waals surface area contributed by atoms with E-state index in [0.29, 0.717) is 32.1 Å². The topological polar surface area (TPSA) is 116 Å². The lowest BCUT2D eigenvalue weighted by Crippen LogP contribution is -2.69. The molecule has 0 bridgehead atoms. The number of ether oxygens (including phenoxy) is 3. The lowest BCUT2D eigenvalue weighted by molar-refractivity contribution is -0.182. The van der Waals surface area contributed by atoms with Crippen molar-refractivity contribution < 1.29 is 38.5 Å². The zero-order valence-electron chi connectivity index (χ0n) is 24.1. The maximum Gasteiger partial charge on any atom is 0.509 e. The molecular weight excluding hydrogens is 536 g/mol. The van der Waals surface area contributed by atoms with Gasteiger partial charge in [0.1, 0.15) is 0 Å². The van der Waals surface area contributed by atoms with Gasteiger partial charge in [0.2, 0.25) is 5.78 Å².